The van der Waals surface area contributed by atoms with Crippen LogP contribution in [0.15, 0.2) is 45.6 Å². The lowest BCUT2D eigenvalue weighted by molar-refractivity contribution is 0.0968. The van der Waals surface area contributed by atoms with Crippen molar-refractivity contribution in [3.05, 3.63) is 74.3 Å². The molecule has 6 heteroatoms. The summed E-state index contributed by atoms with van der Waals surface area (Å²) in [5.74, 6) is 0.335. The van der Waals surface area contributed by atoms with Gasteiger partial charge in [-0.2, -0.15) is 0 Å². The van der Waals surface area contributed by atoms with Crippen LogP contribution in [-0.4, -0.2) is 18.2 Å². The molecule has 4 nitrogen and oxygen atoms in total. The number of fused-ring (bicyclic) bond motifs is 3. The Bertz CT molecular complexity index is 1060. The molecule has 0 fully saturated rings. The van der Waals surface area contributed by atoms with E-state index in [0.717, 1.165) is 22.1 Å². The average Bonchev–Trinajstić information content (AvgIpc) is 2.66. The molecule has 0 amide bonds. The van der Waals surface area contributed by atoms with Crippen LogP contribution in [0.4, 0.5) is 4.39 Å². The Hall–Kier alpha value is -2.37. The molecule has 140 valence electrons. The van der Waals surface area contributed by atoms with Crippen LogP contribution in [0.5, 0.6) is 5.75 Å². The van der Waals surface area contributed by atoms with Gasteiger partial charge in [0.05, 0.1) is 10.6 Å². The monoisotopic (exact) mass is 387 g/mol. The van der Waals surface area contributed by atoms with Crippen LogP contribution in [0.3, 0.4) is 0 Å². The molecule has 27 heavy (non-hydrogen) atoms. The highest BCUT2D eigenvalue weighted by Gasteiger charge is 2.25. The van der Waals surface area contributed by atoms with E-state index in [9.17, 15) is 9.18 Å². The first-order chi connectivity index (χ1) is 13.0. The van der Waals surface area contributed by atoms with E-state index in [2.05, 4.69) is 4.90 Å². The molecule has 0 unspecified atom stereocenters. The summed E-state index contributed by atoms with van der Waals surface area (Å²) in [6, 6.07) is 9.90. The molecule has 0 radical (unpaired) electrons. The number of hydrogen-bond acceptors (Lipinski definition) is 4. The Morgan fingerprint density at radius 1 is 1.26 bits per heavy atom. The smallest absolute Gasteiger partial charge is 0.336 e. The molecule has 0 spiro atoms. The van der Waals surface area contributed by atoms with Crippen LogP contribution in [0.2, 0.25) is 5.02 Å². The molecule has 2 aromatic carbocycles. The first-order valence-corrected chi connectivity index (χ1v) is 9.30. The molecular formula is C21H19ClFNO3. The molecular weight excluding hydrogens is 369 g/mol. The van der Waals surface area contributed by atoms with Gasteiger partial charge in [-0.25, -0.2) is 9.18 Å². The van der Waals surface area contributed by atoms with Gasteiger partial charge in [0.25, 0.3) is 0 Å². The van der Waals surface area contributed by atoms with Gasteiger partial charge in [0.1, 0.15) is 23.9 Å². The summed E-state index contributed by atoms with van der Waals surface area (Å²) >= 11 is 6.42. The van der Waals surface area contributed by atoms with Gasteiger partial charge in [-0.1, -0.05) is 30.7 Å². The van der Waals surface area contributed by atoms with E-state index in [1.165, 1.54) is 18.2 Å². The van der Waals surface area contributed by atoms with Gasteiger partial charge >= 0.3 is 5.63 Å². The Labute approximate surface area is 161 Å². The van der Waals surface area contributed by atoms with Crippen LogP contribution in [0.1, 0.15) is 23.6 Å². The van der Waals surface area contributed by atoms with Crippen molar-refractivity contribution in [1.29, 1.82) is 0 Å². The number of hydrogen-bond donors (Lipinski definition) is 0. The molecule has 0 N–H and O–H groups in total. The lowest BCUT2D eigenvalue weighted by atomic mass is 10.0. The van der Waals surface area contributed by atoms with E-state index in [1.807, 2.05) is 13.0 Å². The third-order valence-corrected chi connectivity index (χ3v) is 5.16. The summed E-state index contributed by atoms with van der Waals surface area (Å²) in [5, 5.41) is 1.36. The minimum Gasteiger partial charge on any atom is -0.476 e. The standard InChI is InChI=1S/C21H19ClFNO3/c1-2-14-9-19(25)27-20-16(14)10-18(22)21-17(20)11-24(12-26-21)7-6-13-4-3-5-15(23)8-13/h3-5,8-10H,2,6-7,11-12H2,1H3. The summed E-state index contributed by atoms with van der Waals surface area (Å²) in [6.45, 7) is 3.61. The number of nitrogens with zero attached hydrogens (tertiary/aromatic N) is 1. The number of halogens is 2. The summed E-state index contributed by atoms with van der Waals surface area (Å²) in [6.07, 6.45) is 1.40. The van der Waals surface area contributed by atoms with Crippen molar-refractivity contribution < 1.29 is 13.5 Å². The maximum absolute atomic E-state index is 13.4. The van der Waals surface area contributed by atoms with Crippen molar-refractivity contribution in [3.8, 4) is 5.75 Å². The van der Waals surface area contributed by atoms with E-state index in [1.54, 1.807) is 12.1 Å². The van der Waals surface area contributed by atoms with E-state index >= 15 is 0 Å². The molecule has 1 aliphatic rings. The summed E-state index contributed by atoms with van der Waals surface area (Å²) in [4.78, 5) is 14.1. The number of aryl methyl sites for hydroxylation is 1. The fourth-order valence-corrected chi connectivity index (χ4v) is 3.79. The maximum Gasteiger partial charge on any atom is 0.336 e. The Morgan fingerprint density at radius 2 is 2.11 bits per heavy atom. The molecule has 0 aliphatic carbocycles. The minimum absolute atomic E-state index is 0.237. The first kappa shape index (κ1) is 18.0. The first-order valence-electron chi connectivity index (χ1n) is 8.93. The Kier molecular flexibility index (Phi) is 4.89. The second-order valence-electron chi connectivity index (χ2n) is 6.69. The predicted molar refractivity (Wildman–Crippen MR) is 103 cm³/mol. The third-order valence-electron chi connectivity index (χ3n) is 4.88. The zero-order valence-electron chi connectivity index (χ0n) is 14.9. The molecule has 1 aliphatic heterocycles. The van der Waals surface area contributed by atoms with Gasteiger partial charge in [-0.05, 0) is 42.2 Å². The molecule has 0 atom stereocenters. The van der Waals surface area contributed by atoms with Gasteiger partial charge in [-0.3, -0.25) is 4.90 Å². The van der Waals surface area contributed by atoms with Crippen molar-refractivity contribution in [1.82, 2.24) is 4.90 Å². The highest BCUT2D eigenvalue weighted by molar-refractivity contribution is 6.33. The molecule has 0 saturated carbocycles. The largest absolute Gasteiger partial charge is 0.476 e. The normalized spacial score (nSPS) is 14.2. The van der Waals surface area contributed by atoms with E-state index in [0.29, 0.717) is 49.0 Å². The fraction of sp³-hybridized carbons (Fsp3) is 0.286. The van der Waals surface area contributed by atoms with Crippen molar-refractivity contribution in [2.45, 2.75) is 26.3 Å². The van der Waals surface area contributed by atoms with Gasteiger partial charge in [-0.15, -0.1) is 0 Å². The highest BCUT2D eigenvalue weighted by Crippen LogP contribution is 2.39. The van der Waals surface area contributed by atoms with Gasteiger partial charge in [0.2, 0.25) is 0 Å². The maximum atomic E-state index is 13.4. The van der Waals surface area contributed by atoms with Crippen molar-refractivity contribution in [2.24, 2.45) is 0 Å². The zero-order valence-corrected chi connectivity index (χ0v) is 15.7. The van der Waals surface area contributed by atoms with Crippen LogP contribution in [-0.2, 0) is 19.4 Å². The Balaban J connectivity index is 1.65. The third kappa shape index (κ3) is 3.57. The van der Waals surface area contributed by atoms with Crippen LogP contribution >= 0.6 is 11.6 Å². The van der Waals surface area contributed by atoms with Gasteiger partial charge < -0.3 is 9.15 Å². The molecule has 1 aromatic heterocycles. The van der Waals surface area contributed by atoms with Gasteiger partial charge in [0.15, 0.2) is 0 Å². The van der Waals surface area contributed by atoms with Crippen molar-refractivity contribution in [3.63, 3.8) is 0 Å². The Morgan fingerprint density at radius 3 is 2.89 bits per heavy atom. The SMILES string of the molecule is CCc1cc(=O)oc2c3c(c(Cl)cc12)OCN(CCc1cccc(F)c1)C3. The summed E-state index contributed by atoms with van der Waals surface area (Å²) in [5.41, 5.74) is 2.78. The van der Waals surface area contributed by atoms with Crippen LogP contribution in [0.25, 0.3) is 11.0 Å². The van der Waals surface area contributed by atoms with E-state index in [-0.39, 0.29) is 11.4 Å². The molecule has 0 saturated heterocycles. The summed E-state index contributed by atoms with van der Waals surface area (Å²) in [7, 11) is 0. The molecule has 3 aromatic rings. The van der Waals surface area contributed by atoms with Crippen molar-refractivity contribution >= 4 is 22.6 Å². The lowest BCUT2D eigenvalue weighted by Gasteiger charge is -2.30. The van der Waals surface area contributed by atoms with E-state index < -0.39 is 0 Å². The van der Waals surface area contributed by atoms with Crippen LogP contribution in [0, 0.1) is 5.82 Å². The highest BCUT2D eigenvalue weighted by atomic mass is 35.5. The predicted octanol–water partition coefficient (Wildman–Crippen LogP) is 4.54. The topological polar surface area (TPSA) is 42.7 Å². The number of ether oxygens (including phenoxy) is 1. The minimum atomic E-state index is -0.374. The van der Waals surface area contributed by atoms with Crippen molar-refractivity contribution in [2.75, 3.05) is 13.3 Å². The zero-order chi connectivity index (χ0) is 19.0. The quantitative estimate of drug-likeness (QED) is 0.616. The number of benzene rings is 2. The lowest BCUT2D eigenvalue weighted by Crippen LogP contribution is -2.34. The molecule has 4 rings (SSSR count). The summed E-state index contributed by atoms with van der Waals surface area (Å²) < 4.78 is 24.7. The molecule has 2 heterocycles. The number of rotatable bonds is 4. The second kappa shape index (κ2) is 7.33. The van der Waals surface area contributed by atoms with E-state index in [4.69, 9.17) is 20.8 Å². The molecule has 0 bridgehead atoms. The van der Waals surface area contributed by atoms with Gasteiger partial charge in [0, 0.05) is 24.5 Å². The fourth-order valence-electron chi connectivity index (χ4n) is 3.51. The second-order valence-corrected chi connectivity index (χ2v) is 7.10. The van der Waals surface area contributed by atoms with Crippen LogP contribution < -0.4 is 10.4 Å². The average molecular weight is 388 g/mol.